The number of hydrogen-bond acceptors (Lipinski definition) is 1. The van der Waals surface area contributed by atoms with E-state index in [1.165, 1.54) is 44.9 Å². The Kier molecular flexibility index (Phi) is 11.7. The van der Waals surface area contributed by atoms with E-state index in [9.17, 15) is 0 Å². The molecule has 0 aliphatic heterocycles. The number of H-pyrrole nitrogens is 1. The van der Waals surface area contributed by atoms with E-state index in [2.05, 4.69) is 16.9 Å². The zero-order chi connectivity index (χ0) is 12.3. The molecule has 0 fully saturated rings. The second-order valence-corrected chi connectivity index (χ2v) is 5.11. The lowest BCUT2D eigenvalue weighted by Crippen LogP contribution is -2.03. The van der Waals surface area contributed by atoms with Crippen molar-refractivity contribution in [3.63, 3.8) is 0 Å². The summed E-state index contributed by atoms with van der Waals surface area (Å²) < 4.78 is 0. The van der Waals surface area contributed by atoms with Crippen LogP contribution in [0.5, 0.6) is 0 Å². The molecule has 2 nitrogen and oxygen atoms in total. The zero-order valence-electron chi connectivity index (χ0n) is 11.3. The van der Waals surface area contributed by atoms with Crippen LogP contribution in [0.4, 0.5) is 0 Å². The summed E-state index contributed by atoms with van der Waals surface area (Å²) in [5.74, 6) is 2.66. The second-order valence-electron chi connectivity index (χ2n) is 4.80. The monoisotopic (exact) mass is 292 g/mol. The minimum atomic E-state index is 0. The third-order valence-electron chi connectivity index (χ3n) is 3.26. The molecule has 0 aromatic carbocycles. The van der Waals surface area contributed by atoms with E-state index in [-0.39, 0.29) is 12.4 Å². The number of unbranched alkanes of at least 4 members (excludes halogenated alkanes) is 3. The van der Waals surface area contributed by atoms with Gasteiger partial charge in [-0.2, -0.15) is 0 Å². The van der Waals surface area contributed by atoms with Gasteiger partial charge in [0.25, 0.3) is 0 Å². The van der Waals surface area contributed by atoms with E-state index < -0.39 is 0 Å². The van der Waals surface area contributed by atoms with Crippen molar-refractivity contribution in [3.05, 3.63) is 18.2 Å². The summed E-state index contributed by atoms with van der Waals surface area (Å²) >= 11 is 6.01. The lowest BCUT2D eigenvalue weighted by atomic mass is 9.97. The number of aromatic amines is 1. The van der Waals surface area contributed by atoms with Crippen LogP contribution in [-0.4, -0.2) is 15.8 Å². The minimum Gasteiger partial charge on any atom is -0.349 e. The quantitative estimate of drug-likeness (QED) is 0.478. The lowest BCUT2D eigenvalue weighted by molar-refractivity contribution is 0.447. The summed E-state index contributed by atoms with van der Waals surface area (Å²) in [5, 5.41) is 0. The van der Waals surface area contributed by atoms with Crippen LogP contribution in [-0.2, 0) is 6.42 Å². The third-order valence-corrected chi connectivity index (χ3v) is 3.70. The van der Waals surface area contributed by atoms with Gasteiger partial charge in [-0.3, -0.25) is 0 Å². The van der Waals surface area contributed by atoms with Crippen molar-refractivity contribution in [3.8, 4) is 0 Å². The largest absolute Gasteiger partial charge is 0.349 e. The predicted molar refractivity (Wildman–Crippen MR) is 81.7 cm³/mol. The first-order valence-corrected chi connectivity index (χ1v) is 7.44. The average Bonchev–Trinajstić information content (AvgIpc) is 2.85. The highest BCUT2D eigenvalue weighted by atomic mass is 35.5. The molecule has 1 heterocycles. The number of halogens is 2. The standard InChI is InChI=1S/C14H25ClN2.ClH/c1-2-3-4-7-13(12-15)8-5-6-9-14-16-10-11-17-14;/h10-11,13H,2-9,12H2,1H3,(H,16,17);1H. The van der Waals surface area contributed by atoms with Crippen LogP contribution in [0.25, 0.3) is 0 Å². The van der Waals surface area contributed by atoms with Gasteiger partial charge in [0, 0.05) is 24.7 Å². The molecule has 1 aromatic rings. The number of alkyl halides is 1. The first kappa shape index (κ1) is 17.8. The molecule has 1 rings (SSSR count). The fourth-order valence-corrected chi connectivity index (χ4v) is 2.45. The number of aromatic nitrogens is 2. The van der Waals surface area contributed by atoms with Gasteiger partial charge in [0.15, 0.2) is 0 Å². The first-order chi connectivity index (χ1) is 8.36. The molecule has 1 aromatic heterocycles. The van der Waals surface area contributed by atoms with Crippen LogP contribution in [0.3, 0.4) is 0 Å². The van der Waals surface area contributed by atoms with Gasteiger partial charge in [-0.25, -0.2) is 4.98 Å². The van der Waals surface area contributed by atoms with Crippen LogP contribution in [0.1, 0.15) is 57.7 Å². The topological polar surface area (TPSA) is 28.7 Å². The molecular weight excluding hydrogens is 267 g/mol. The summed E-state index contributed by atoms with van der Waals surface area (Å²) in [5.41, 5.74) is 0. The molecule has 4 heteroatoms. The van der Waals surface area contributed by atoms with Gasteiger partial charge in [-0.15, -0.1) is 24.0 Å². The van der Waals surface area contributed by atoms with Gasteiger partial charge in [-0.1, -0.05) is 32.6 Å². The van der Waals surface area contributed by atoms with Gasteiger partial charge in [0.05, 0.1) is 0 Å². The van der Waals surface area contributed by atoms with Crippen molar-refractivity contribution >= 4 is 24.0 Å². The normalized spacial score (nSPS) is 12.1. The van der Waals surface area contributed by atoms with E-state index >= 15 is 0 Å². The number of imidazole rings is 1. The molecule has 0 radical (unpaired) electrons. The zero-order valence-corrected chi connectivity index (χ0v) is 12.9. The van der Waals surface area contributed by atoms with Crippen LogP contribution in [0, 0.1) is 5.92 Å². The fourth-order valence-electron chi connectivity index (χ4n) is 2.14. The molecule has 106 valence electrons. The average molecular weight is 293 g/mol. The maximum atomic E-state index is 6.01. The summed E-state index contributed by atoms with van der Waals surface area (Å²) in [6.45, 7) is 2.25. The minimum absolute atomic E-state index is 0. The van der Waals surface area contributed by atoms with Gasteiger partial charge in [0.2, 0.25) is 0 Å². The van der Waals surface area contributed by atoms with Crippen molar-refractivity contribution in [1.29, 1.82) is 0 Å². The van der Waals surface area contributed by atoms with Crippen LogP contribution >= 0.6 is 24.0 Å². The Morgan fingerprint density at radius 2 is 1.94 bits per heavy atom. The Bertz CT molecular complexity index is 263. The smallest absolute Gasteiger partial charge is 0.105 e. The maximum absolute atomic E-state index is 6.01. The van der Waals surface area contributed by atoms with Crippen molar-refractivity contribution in [1.82, 2.24) is 9.97 Å². The molecule has 1 N–H and O–H groups in total. The van der Waals surface area contributed by atoms with Crippen LogP contribution in [0.2, 0.25) is 0 Å². The Morgan fingerprint density at radius 1 is 1.22 bits per heavy atom. The first-order valence-electron chi connectivity index (χ1n) is 6.91. The highest BCUT2D eigenvalue weighted by Crippen LogP contribution is 2.18. The van der Waals surface area contributed by atoms with Crippen molar-refractivity contribution in [2.75, 3.05) is 5.88 Å². The SMILES string of the molecule is CCCCCC(CCl)CCCCc1ncc[nH]1.Cl. The predicted octanol–water partition coefficient (Wildman–Crippen LogP) is 4.98. The summed E-state index contributed by atoms with van der Waals surface area (Å²) in [4.78, 5) is 7.38. The molecular formula is C14H26Cl2N2. The van der Waals surface area contributed by atoms with E-state index in [0.717, 1.165) is 24.0 Å². The highest BCUT2D eigenvalue weighted by molar-refractivity contribution is 6.18. The molecule has 0 spiro atoms. The molecule has 0 bridgehead atoms. The van der Waals surface area contributed by atoms with Gasteiger partial charge >= 0.3 is 0 Å². The number of nitrogens with zero attached hydrogens (tertiary/aromatic N) is 1. The van der Waals surface area contributed by atoms with E-state index in [1.807, 2.05) is 12.4 Å². The van der Waals surface area contributed by atoms with Crippen molar-refractivity contribution in [2.24, 2.45) is 5.92 Å². The summed E-state index contributed by atoms with van der Waals surface area (Å²) in [6.07, 6.45) is 13.8. The molecule has 0 amide bonds. The molecule has 0 aliphatic rings. The van der Waals surface area contributed by atoms with Gasteiger partial charge in [-0.05, 0) is 25.2 Å². The third kappa shape index (κ3) is 7.99. The van der Waals surface area contributed by atoms with Crippen LogP contribution < -0.4 is 0 Å². The van der Waals surface area contributed by atoms with E-state index in [4.69, 9.17) is 11.6 Å². The number of hydrogen-bond donors (Lipinski definition) is 1. The molecule has 18 heavy (non-hydrogen) atoms. The van der Waals surface area contributed by atoms with Crippen molar-refractivity contribution < 1.29 is 0 Å². The highest BCUT2D eigenvalue weighted by Gasteiger charge is 2.06. The summed E-state index contributed by atoms with van der Waals surface area (Å²) in [6, 6.07) is 0. The fraction of sp³-hybridized carbons (Fsp3) is 0.786. The number of aryl methyl sites for hydroxylation is 1. The summed E-state index contributed by atoms with van der Waals surface area (Å²) in [7, 11) is 0. The van der Waals surface area contributed by atoms with Gasteiger partial charge in [0.1, 0.15) is 5.82 Å². The Balaban J connectivity index is 0.00000289. The van der Waals surface area contributed by atoms with Gasteiger partial charge < -0.3 is 4.98 Å². The molecule has 1 unspecified atom stereocenters. The van der Waals surface area contributed by atoms with E-state index in [0.29, 0.717) is 0 Å². The Labute approximate surface area is 122 Å². The molecule has 0 saturated heterocycles. The maximum Gasteiger partial charge on any atom is 0.105 e. The Morgan fingerprint density at radius 3 is 2.50 bits per heavy atom. The molecule has 0 aliphatic carbocycles. The van der Waals surface area contributed by atoms with Crippen LogP contribution in [0.15, 0.2) is 12.4 Å². The number of nitrogens with one attached hydrogen (secondary N) is 1. The van der Waals surface area contributed by atoms with E-state index in [1.54, 1.807) is 0 Å². The Hall–Kier alpha value is -0.210. The number of rotatable bonds is 10. The second kappa shape index (κ2) is 11.9. The molecule has 1 atom stereocenters. The molecule has 0 saturated carbocycles. The lowest BCUT2D eigenvalue weighted by Gasteiger charge is -2.12. The van der Waals surface area contributed by atoms with Crippen molar-refractivity contribution in [2.45, 2.75) is 58.3 Å².